The second-order valence-corrected chi connectivity index (χ2v) is 3.64. The number of pyridine rings is 1. The molecule has 0 unspecified atom stereocenters. The lowest BCUT2D eigenvalue weighted by Gasteiger charge is -2.07. The van der Waals surface area contributed by atoms with E-state index >= 15 is 0 Å². The molecule has 1 aliphatic rings. The summed E-state index contributed by atoms with van der Waals surface area (Å²) in [5.41, 5.74) is 2.71. The average molecular weight is 185 g/mol. The quantitative estimate of drug-likeness (QED) is 0.686. The van der Waals surface area contributed by atoms with E-state index in [1.165, 1.54) is 36.8 Å². The topological polar surface area (TPSA) is 12.9 Å². The van der Waals surface area contributed by atoms with E-state index in [0.717, 1.165) is 0 Å². The molecule has 0 N–H and O–H groups in total. The molecular weight excluding hydrogens is 170 g/mol. The Bertz CT molecular complexity index is 336. The lowest BCUT2D eigenvalue weighted by Crippen LogP contribution is -1.87. The lowest BCUT2D eigenvalue weighted by atomic mass is 9.99. The molecule has 1 aromatic heterocycles. The van der Waals surface area contributed by atoms with Crippen molar-refractivity contribution in [3.05, 3.63) is 47.8 Å². The van der Waals surface area contributed by atoms with Gasteiger partial charge in [-0.2, -0.15) is 0 Å². The van der Waals surface area contributed by atoms with Gasteiger partial charge in [-0.1, -0.05) is 23.8 Å². The van der Waals surface area contributed by atoms with Gasteiger partial charge in [0.2, 0.25) is 0 Å². The number of hydrogen-bond acceptors (Lipinski definition) is 1. The van der Waals surface area contributed by atoms with Crippen molar-refractivity contribution in [2.75, 3.05) is 0 Å². The van der Waals surface area contributed by atoms with Gasteiger partial charge in [-0.25, -0.2) is 0 Å². The van der Waals surface area contributed by atoms with Crippen LogP contribution in [0.5, 0.6) is 0 Å². The second kappa shape index (κ2) is 4.75. The van der Waals surface area contributed by atoms with Crippen LogP contribution < -0.4 is 0 Å². The van der Waals surface area contributed by atoms with Gasteiger partial charge in [0.05, 0.1) is 0 Å². The first-order valence-corrected chi connectivity index (χ1v) is 5.22. The van der Waals surface area contributed by atoms with E-state index < -0.39 is 0 Å². The number of aromatic nitrogens is 1. The van der Waals surface area contributed by atoms with Gasteiger partial charge in [0, 0.05) is 12.4 Å². The first-order chi connectivity index (χ1) is 6.95. The van der Waals surface area contributed by atoms with Crippen molar-refractivity contribution in [3.63, 3.8) is 0 Å². The minimum atomic E-state index is 1.23. The normalized spacial score (nSPS) is 17.0. The molecule has 0 bridgehead atoms. The Balaban J connectivity index is 2.03. The first-order valence-electron chi connectivity index (χ1n) is 5.22. The lowest BCUT2D eigenvalue weighted by molar-refractivity contribution is 0.712. The third-order valence-corrected chi connectivity index (χ3v) is 2.52. The minimum Gasteiger partial charge on any atom is -0.265 e. The van der Waals surface area contributed by atoms with Crippen LogP contribution in [0.1, 0.15) is 31.2 Å². The van der Waals surface area contributed by atoms with Crippen LogP contribution in [0.2, 0.25) is 0 Å². The van der Waals surface area contributed by atoms with Crippen LogP contribution in [0.3, 0.4) is 0 Å². The van der Waals surface area contributed by atoms with Crippen LogP contribution >= 0.6 is 0 Å². The van der Waals surface area contributed by atoms with Crippen molar-refractivity contribution in [2.24, 2.45) is 0 Å². The number of rotatable bonds is 2. The molecule has 2 rings (SSSR count). The largest absolute Gasteiger partial charge is 0.265 e. The molecule has 0 amide bonds. The van der Waals surface area contributed by atoms with Gasteiger partial charge in [0.1, 0.15) is 0 Å². The SMILES string of the molecule is C1=C(/C=C/c2ccncc2)CCCC1. The zero-order valence-electron chi connectivity index (χ0n) is 8.32. The summed E-state index contributed by atoms with van der Waals surface area (Å²) in [5, 5.41) is 0. The van der Waals surface area contributed by atoms with Crippen molar-refractivity contribution < 1.29 is 0 Å². The van der Waals surface area contributed by atoms with Gasteiger partial charge < -0.3 is 0 Å². The summed E-state index contributed by atoms with van der Waals surface area (Å²) in [6, 6.07) is 4.06. The maximum Gasteiger partial charge on any atom is 0.0273 e. The van der Waals surface area contributed by atoms with Crippen LogP contribution in [0.25, 0.3) is 6.08 Å². The zero-order chi connectivity index (χ0) is 9.64. The highest BCUT2D eigenvalue weighted by molar-refractivity contribution is 5.52. The number of hydrogen-bond donors (Lipinski definition) is 0. The fourth-order valence-corrected chi connectivity index (χ4v) is 1.69. The molecule has 1 nitrogen and oxygen atoms in total. The molecule has 1 heterocycles. The first kappa shape index (κ1) is 9.20. The summed E-state index contributed by atoms with van der Waals surface area (Å²) in [4.78, 5) is 3.99. The summed E-state index contributed by atoms with van der Waals surface area (Å²) >= 11 is 0. The van der Waals surface area contributed by atoms with Gasteiger partial charge in [0.25, 0.3) is 0 Å². The van der Waals surface area contributed by atoms with E-state index in [-0.39, 0.29) is 0 Å². The Labute approximate surface area is 85.2 Å². The molecule has 0 saturated carbocycles. The highest BCUT2D eigenvalue weighted by Crippen LogP contribution is 2.18. The van der Waals surface area contributed by atoms with Crippen molar-refractivity contribution in [2.45, 2.75) is 25.7 Å². The minimum absolute atomic E-state index is 1.23. The van der Waals surface area contributed by atoms with E-state index in [1.807, 2.05) is 24.5 Å². The molecule has 0 aliphatic heterocycles. The molecule has 0 atom stereocenters. The molecular formula is C13H15N. The molecule has 0 aromatic carbocycles. The van der Waals surface area contributed by atoms with Crippen LogP contribution in [-0.2, 0) is 0 Å². The summed E-state index contributed by atoms with van der Waals surface area (Å²) in [6.07, 6.45) is 15.6. The molecule has 0 radical (unpaired) electrons. The van der Waals surface area contributed by atoms with Crippen molar-refractivity contribution >= 4 is 6.08 Å². The van der Waals surface area contributed by atoms with Gasteiger partial charge in [-0.15, -0.1) is 0 Å². The van der Waals surface area contributed by atoms with E-state index in [2.05, 4.69) is 23.2 Å². The second-order valence-electron chi connectivity index (χ2n) is 3.64. The molecule has 72 valence electrons. The number of allylic oxidation sites excluding steroid dienone is 3. The van der Waals surface area contributed by atoms with Crippen molar-refractivity contribution in [3.8, 4) is 0 Å². The predicted octanol–water partition coefficient (Wildman–Crippen LogP) is 3.60. The van der Waals surface area contributed by atoms with E-state index in [1.54, 1.807) is 0 Å². The highest BCUT2D eigenvalue weighted by Gasteiger charge is 1.98. The van der Waals surface area contributed by atoms with Crippen LogP contribution in [0, 0.1) is 0 Å². The Morgan fingerprint density at radius 1 is 1.07 bits per heavy atom. The fraction of sp³-hybridized carbons (Fsp3) is 0.308. The molecule has 0 spiro atoms. The van der Waals surface area contributed by atoms with E-state index in [4.69, 9.17) is 0 Å². The monoisotopic (exact) mass is 185 g/mol. The molecule has 0 saturated heterocycles. The van der Waals surface area contributed by atoms with Crippen molar-refractivity contribution in [1.29, 1.82) is 0 Å². The van der Waals surface area contributed by atoms with Gasteiger partial charge in [-0.05, 0) is 43.4 Å². The summed E-state index contributed by atoms with van der Waals surface area (Å²) in [6.45, 7) is 0. The van der Waals surface area contributed by atoms with Crippen LogP contribution in [-0.4, -0.2) is 4.98 Å². The Hall–Kier alpha value is -1.37. The third-order valence-electron chi connectivity index (χ3n) is 2.52. The maximum atomic E-state index is 3.99. The van der Waals surface area contributed by atoms with Gasteiger partial charge >= 0.3 is 0 Å². The zero-order valence-corrected chi connectivity index (χ0v) is 8.32. The summed E-state index contributed by atoms with van der Waals surface area (Å²) in [5.74, 6) is 0. The maximum absolute atomic E-state index is 3.99. The van der Waals surface area contributed by atoms with E-state index in [9.17, 15) is 0 Å². The fourth-order valence-electron chi connectivity index (χ4n) is 1.69. The van der Waals surface area contributed by atoms with Crippen molar-refractivity contribution in [1.82, 2.24) is 4.98 Å². The van der Waals surface area contributed by atoms with Gasteiger partial charge in [0.15, 0.2) is 0 Å². The highest BCUT2D eigenvalue weighted by atomic mass is 14.6. The Morgan fingerprint density at radius 2 is 1.93 bits per heavy atom. The number of nitrogens with zero attached hydrogens (tertiary/aromatic N) is 1. The van der Waals surface area contributed by atoms with Gasteiger partial charge in [-0.3, -0.25) is 4.98 Å². The van der Waals surface area contributed by atoms with Crippen LogP contribution in [0.4, 0.5) is 0 Å². The molecule has 1 heteroatoms. The average Bonchev–Trinajstić information content (AvgIpc) is 2.29. The molecule has 1 aromatic rings. The summed E-state index contributed by atoms with van der Waals surface area (Å²) < 4.78 is 0. The third kappa shape index (κ3) is 2.56. The molecule has 0 fully saturated rings. The summed E-state index contributed by atoms with van der Waals surface area (Å²) in [7, 11) is 0. The predicted molar refractivity (Wildman–Crippen MR) is 59.8 cm³/mol. The molecule has 1 aliphatic carbocycles. The standard InChI is InChI=1S/C13H15N/c1-2-4-12(5-3-1)6-7-13-8-10-14-11-9-13/h4,6-11H,1-3,5H2/b7-6+. The van der Waals surface area contributed by atoms with E-state index in [0.29, 0.717) is 0 Å². The molecule has 14 heavy (non-hydrogen) atoms. The van der Waals surface area contributed by atoms with Crippen LogP contribution in [0.15, 0.2) is 42.3 Å². The smallest absolute Gasteiger partial charge is 0.0273 e. The Kier molecular flexibility index (Phi) is 3.12. The Morgan fingerprint density at radius 3 is 2.64 bits per heavy atom.